The van der Waals surface area contributed by atoms with Gasteiger partial charge in [-0.3, -0.25) is 10.1 Å². The van der Waals surface area contributed by atoms with Gasteiger partial charge in [-0.25, -0.2) is 4.98 Å². The number of carbonyl (C=O) groups is 1. The van der Waals surface area contributed by atoms with E-state index in [2.05, 4.69) is 41.7 Å². The number of nitrogens with one attached hydrogen (secondary N) is 1. The number of nitrogens with zero attached hydrogens (tertiary/aromatic N) is 3. The molecule has 0 spiro atoms. The summed E-state index contributed by atoms with van der Waals surface area (Å²) in [5.41, 5.74) is 2.26. The summed E-state index contributed by atoms with van der Waals surface area (Å²) in [5.74, 6) is 0.464. The number of anilines is 1. The zero-order valence-electron chi connectivity index (χ0n) is 14.8. The number of fused-ring (bicyclic) bond motifs is 1. The molecule has 1 N–H and O–H groups in total. The van der Waals surface area contributed by atoms with Crippen molar-refractivity contribution >= 4 is 22.9 Å². The molecule has 2 aromatic rings. The monoisotopic (exact) mass is 340 g/mol. The van der Waals surface area contributed by atoms with Gasteiger partial charge in [0.05, 0.1) is 22.7 Å². The van der Waals surface area contributed by atoms with E-state index in [9.17, 15) is 4.79 Å². The van der Waals surface area contributed by atoms with Crippen molar-refractivity contribution in [3.05, 3.63) is 23.8 Å². The highest BCUT2D eigenvalue weighted by atomic mass is 16.2. The number of aromatic nitrogens is 2. The van der Waals surface area contributed by atoms with Gasteiger partial charge in [0.2, 0.25) is 11.9 Å². The van der Waals surface area contributed by atoms with Gasteiger partial charge in [-0.1, -0.05) is 35.1 Å². The van der Waals surface area contributed by atoms with Gasteiger partial charge in [-0.15, -0.1) is 0 Å². The predicted octanol–water partition coefficient (Wildman–Crippen LogP) is 4.89. The van der Waals surface area contributed by atoms with E-state index in [0.717, 1.165) is 23.9 Å². The summed E-state index contributed by atoms with van der Waals surface area (Å²) in [6.07, 6.45) is 3.36. The standard InChI is InChI=1S/C19H24N4O.CH4/c1-12(19(2,3)4)17(24)22-18-21-15-9-8-13(11-20)10-16(15)23(18)14-6-5-7-14;/h8-10,12,14H,5-7H2,1-4H3,(H,21,22,24);1H4/t12-;/m0./s1. The Morgan fingerprint density at radius 1 is 1.40 bits per heavy atom. The zero-order chi connectivity index (χ0) is 17.5. The van der Waals surface area contributed by atoms with E-state index in [1.165, 1.54) is 6.42 Å². The molecule has 0 bridgehead atoms. The molecule has 0 aliphatic heterocycles. The smallest absolute Gasteiger partial charge is 0.230 e. The molecule has 1 saturated carbocycles. The fourth-order valence-corrected chi connectivity index (χ4v) is 2.88. The maximum absolute atomic E-state index is 12.6. The lowest BCUT2D eigenvalue weighted by Crippen LogP contribution is -2.32. The Balaban J connectivity index is 0.00000225. The first-order valence-corrected chi connectivity index (χ1v) is 8.54. The Bertz CT molecular complexity index is 819. The van der Waals surface area contributed by atoms with Crippen molar-refractivity contribution in [2.45, 2.75) is 60.4 Å². The molecule has 1 aromatic heterocycles. The average Bonchev–Trinajstić information content (AvgIpc) is 2.81. The maximum Gasteiger partial charge on any atom is 0.230 e. The highest BCUT2D eigenvalue weighted by molar-refractivity contribution is 5.93. The second kappa shape index (κ2) is 6.87. The molecule has 1 atom stereocenters. The molecule has 1 aliphatic rings. The third kappa shape index (κ3) is 3.53. The fourth-order valence-electron chi connectivity index (χ4n) is 2.88. The van der Waals surface area contributed by atoms with Crippen LogP contribution in [0.4, 0.5) is 5.95 Å². The molecule has 5 nitrogen and oxygen atoms in total. The van der Waals surface area contributed by atoms with Crippen molar-refractivity contribution in [3.63, 3.8) is 0 Å². The van der Waals surface area contributed by atoms with E-state index in [1.807, 2.05) is 19.1 Å². The number of hydrogen-bond donors (Lipinski definition) is 1. The minimum absolute atomic E-state index is 0. The van der Waals surface area contributed by atoms with Crippen molar-refractivity contribution in [1.29, 1.82) is 5.26 Å². The van der Waals surface area contributed by atoms with Crippen molar-refractivity contribution in [2.75, 3.05) is 5.32 Å². The van der Waals surface area contributed by atoms with Crippen molar-refractivity contribution in [3.8, 4) is 6.07 Å². The molecule has 25 heavy (non-hydrogen) atoms. The van der Waals surface area contributed by atoms with E-state index in [-0.39, 0.29) is 24.7 Å². The molecule has 1 aliphatic carbocycles. The van der Waals surface area contributed by atoms with Gasteiger partial charge in [0, 0.05) is 12.0 Å². The number of amides is 1. The molecule has 1 fully saturated rings. The molecule has 3 rings (SSSR count). The van der Waals surface area contributed by atoms with Gasteiger partial charge in [0.25, 0.3) is 0 Å². The van der Waals surface area contributed by atoms with Crippen molar-refractivity contribution in [2.24, 2.45) is 11.3 Å². The summed E-state index contributed by atoms with van der Waals surface area (Å²) in [5, 5.41) is 12.2. The number of nitriles is 1. The second-order valence-corrected chi connectivity index (χ2v) is 7.78. The summed E-state index contributed by atoms with van der Waals surface area (Å²) in [6.45, 7) is 8.13. The molecule has 134 valence electrons. The number of imidazole rings is 1. The molecule has 1 heterocycles. The molecular formula is C20H28N4O. The number of rotatable bonds is 3. The third-order valence-corrected chi connectivity index (χ3v) is 5.19. The molecule has 1 aromatic carbocycles. The lowest BCUT2D eigenvalue weighted by molar-refractivity contribution is -0.122. The molecule has 1 amide bonds. The number of benzene rings is 1. The quantitative estimate of drug-likeness (QED) is 0.864. The Hall–Kier alpha value is -2.35. The van der Waals surface area contributed by atoms with E-state index in [0.29, 0.717) is 17.6 Å². The van der Waals surface area contributed by atoms with Crippen LogP contribution >= 0.6 is 0 Å². The first kappa shape index (κ1) is 19.0. The van der Waals surface area contributed by atoms with Crippen LogP contribution in [0.5, 0.6) is 0 Å². The fraction of sp³-hybridized carbons (Fsp3) is 0.550. The third-order valence-electron chi connectivity index (χ3n) is 5.19. The highest BCUT2D eigenvalue weighted by Crippen LogP contribution is 2.37. The van der Waals surface area contributed by atoms with Gasteiger partial charge < -0.3 is 4.57 Å². The van der Waals surface area contributed by atoms with E-state index >= 15 is 0 Å². The lowest BCUT2D eigenvalue weighted by atomic mass is 9.81. The Morgan fingerprint density at radius 3 is 2.60 bits per heavy atom. The Morgan fingerprint density at radius 2 is 2.08 bits per heavy atom. The van der Waals surface area contributed by atoms with Gasteiger partial charge in [-0.2, -0.15) is 5.26 Å². The van der Waals surface area contributed by atoms with Crippen LogP contribution in [0.3, 0.4) is 0 Å². The Labute approximate surface area is 150 Å². The number of hydrogen-bond acceptors (Lipinski definition) is 3. The van der Waals surface area contributed by atoms with Gasteiger partial charge in [0.15, 0.2) is 0 Å². The normalized spacial score (nSPS) is 15.8. The van der Waals surface area contributed by atoms with Gasteiger partial charge in [0.1, 0.15) is 0 Å². The van der Waals surface area contributed by atoms with Crippen molar-refractivity contribution in [1.82, 2.24) is 9.55 Å². The maximum atomic E-state index is 12.6. The van der Waals surface area contributed by atoms with Crippen LogP contribution < -0.4 is 5.32 Å². The van der Waals surface area contributed by atoms with Crippen LogP contribution in [0.15, 0.2) is 18.2 Å². The molecular weight excluding hydrogens is 312 g/mol. The SMILES string of the molecule is C.C[C@@H](C(=O)Nc1nc2ccc(C#N)cc2n1C1CCC1)C(C)(C)C. The zero-order valence-corrected chi connectivity index (χ0v) is 14.8. The van der Waals surface area contributed by atoms with Gasteiger partial charge >= 0.3 is 0 Å². The summed E-state index contributed by atoms with van der Waals surface area (Å²) < 4.78 is 2.10. The lowest BCUT2D eigenvalue weighted by Gasteiger charge is -2.30. The van der Waals surface area contributed by atoms with Crippen LogP contribution in [-0.2, 0) is 4.79 Å². The Kier molecular flexibility index (Phi) is 5.22. The first-order chi connectivity index (χ1) is 11.3. The van der Waals surface area contributed by atoms with Crippen LogP contribution in [-0.4, -0.2) is 15.5 Å². The van der Waals surface area contributed by atoms with Crippen LogP contribution in [0.1, 0.15) is 66.0 Å². The molecule has 0 unspecified atom stereocenters. The highest BCUT2D eigenvalue weighted by Gasteiger charge is 2.30. The molecule has 5 heteroatoms. The largest absolute Gasteiger partial charge is 0.307 e. The van der Waals surface area contributed by atoms with E-state index in [1.54, 1.807) is 6.07 Å². The van der Waals surface area contributed by atoms with E-state index < -0.39 is 0 Å². The van der Waals surface area contributed by atoms with Gasteiger partial charge in [-0.05, 0) is 42.9 Å². The van der Waals surface area contributed by atoms with Crippen molar-refractivity contribution < 1.29 is 4.79 Å². The van der Waals surface area contributed by atoms with Crippen LogP contribution in [0, 0.1) is 22.7 Å². The topological polar surface area (TPSA) is 70.7 Å². The van der Waals surface area contributed by atoms with Crippen LogP contribution in [0.25, 0.3) is 11.0 Å². The molecule has 0 radical (unpaired) electrons. The summed E-state index contributed by atoms with van der Waals surface area (Å²) >= 11 is 0. The summed E-state index contributed by atoms with van der Waals surface area (Å²) in [7, 11) is 0. The molecule has 0 saturated heterocycles. The van der Waals surface area contributed by atoms with E-state index in [4.69, 9.17) is 5.26 Å². The summed E-state index contributed by atoms with van der Waals surface area (Å²) in [6, 6.07) is 8.02. The predicted molar refractivity (Wildman–Crippen MR) is 101 cm³/mol. The minimum Gasteiger partial charge on any atom is -0.307 e. The second-order valence-electron chi connectivity index (χ2n) is 7.78. The summed E-state index contributed by atoms with van der Waals surface area (Å²) in [4.78, 5) is 17.2. The average molecular weight is 340 g/mol. The van der Waals surface area contributed by atoms with Crippen LogP contribution in [0.2, 0.25) is 0 Å². The minimum atomic E-state index is -0.123. The first-order valence-electron chi connectivity index (χ1n) is 8.54. The number of carbonyl (C=O) groups excluding carboxylic acids is 1.